The molecule has 0 aromatic heterocycles. The highest BCUT2D eigenvalue weighted by Gasteiger charge is 2.33. The Morgan fingerprint density at radius 1 is 0.756 bits per heavy atom. The zero-order valence-electron chi connectivity index (χ0n) is 29.2. The van der Waals surface area contributed by atoms with Gasteiger partial charge >= 0.3 is 6.36 Å². The molecule has 2 aliphatic heterocycles. The molecule has 45 heavy (non-hydrogen) atoms. The lowest BCUT2D eigenvalue weighted by molar-refractivity contribution is -0.325. The number of nitrogens with zero attached hydrogens (tertiary/aromatic N) is 2. The zero-order chi connectivity index (χ0) is 32.7. The van der Waals surface area contributed by atoms with Crippen LogP contribution in [0.1, 0.15) is 149 Å². The summed E-state index contributed by atoms with van der Waals surface area (Å²) >= 11 is 0. The molecule has 7 rings (SSSR count). The van der Waals surface area contributed by atoms with Gasteiger partial charge in [0, 0.05) is 38.8 Å². The molecule has 5 aliphatic rings. The Morgan fingerprint density at radius 2 is 1.33 bits per heavy atom. The van der Waals surface area contributed by atoms with Gasteiger partial charge in [-0.15, -0.1) is 13.2 Å². The molecule has 0 spiro atoms. The van der Waals surface area contributed by atoms with Gasteiger partial charge in [-0.05, 0) is 120 Å². The lowest BCUT2D eigenvalue weighted by Gasteiger charge is -2.30. The number of fused-ring (bicyclic) bond motifs is 2. The SMILES string of the molecule is CC.CC.CC(C)c1cc2c(cc1C1CC1)CN(CCOC(F)(F)F)CC2.CCc1cc2c(cc1C1CC1)CN(C1CC1)CC2. The molecular formula is C39H59F3N2O. The van der Waals surface area contributed by atoms with Crippen molar-refractivity contribution in [2.45, 2.75) is 150 Å². The van der Waals surface area contributed by atoms with Gasteiger partial charge in [-0.1, -0.05) is 72.7 Å². The Hall–Kier alpha value is -1.89. The summed E-state index contributed by atoms with van der Waals surface area (Å²) in [4.78, 5) is 4.77. The quantitative estimate of drug-likeness (QED) is 0.289. The van der Waals surface area contributed by atoms with Gasteiger partial charge in [0.15, 0.2) is 0 Å². The highest BCUT2D eigenvalue weighted by Crippen LogP contribution is 2.45. The molecule has 2 heterocycles. The van der Waals surface area contributed by atoms with Crippen LogP contribution in [-0.4, -0.2) is 48.4 Å². The summed E-state index contributed by atoms with van der Waals surface area (Å²) in [6.07, 6.45) is 7.15. The van der Waals surface area contributed by atoms with Crippen molar-refractivity contribution < 1.29 is 17.9 Å². The summed E-state index contributed by atoms with van der Waals surface area (Å²) in [5.74, 6) is 2.12. The largest absolute Gasteiger partial charge is 0.522 e. The lowest BCUT2D eigenvalue weighted by Crippen LogP contribution is -2.34. The molecule has 0 N–H and O–H groups in total. The highest BCUT2D eigenvalue weighted by molar-refractivity contribution is 5.45. The average Bonchev–Trinajstić information content (AvgIpc) is 3.89. The van der Waals surface area contributed by atoms with E-state index in [0.717, 1.165) is 31.5 Å². The fraction of sp³-hybridized carbons (Fsp3) is 0.692. The van der Waals surface area contributed by atoms with Gasteiger partial charge in [0.05, 0.1) is 6.61 Å². The predicted molar refractivity (Wildman–Crippen MR) is 181 cm³/mol. The summed E-state index contributed by atoms with van der Waals surface area (Å²) in [6.45, 7) is 18.9. The molecule has 3 fully saturated rings. The van der Waals surface area contributed by atoms with Crippen molar-refractivity contribution in [3.8, 4) is 0 Å². The molecule has 0 atom stereocenters. The summed E-state index contributed by atoms with van der Waals surface area (Å²) in [6, 6.07) is 10.7. The Morgan fingerprint density at radius 3 is 1.91 bits per heavy atom. The zero-order valence-corrected chi connectivity index (χ0v) is 29.2. The fourth-order valence-electron chi connectivity index (χ4n) is 6.97. The molecule has 3 aliphatic carbocycles. The summed E-state index contributed by atoms with van der Waals surface area (Å²) in [5.41, 5.74) is 12.2. The maximum atomic E-state index is 12.1. The van der Waals surface area contributed by atoms with E-state index in [1.54, 1.807) is 22.3 Å². The molecule has 0 amide bonds. The molecule has 2 aromatic rings. The minimum atomic E-state index is -4.53. The third-order valence-electron chi connectivity index (χ3n) is 9.77. The van der Waals surface area contributed by atoms with Crippen molar-refractivity contribution in [3.05, 3.63) is 68.8 Å². The van der Waals surface area contributed by atoms with Crippen molar-refractivity contribution in [3.63, 3.8) is 0 Å². The van der Waals surface area contributed by atoms with E-state index in [1.807, 2.05) is 27.7 Å². The minimum absolute atomic E-state index is 0.293. The van der Waals surface area contributed by atoms with E-state index in [-0.39, 0.29) is 6.61 Å². The number of halogens is 3. The van der Waals surface area contributed by atoms with E-state index in [2.05, 4.69) is 59.6 Å². The van der Waals surface area contributed by atoms with Crippen molar-refractivity contribution in [1.29, 1.82) is 0 Å². The maximum Gasteiger partial charge on any atom is 0.522 e. The molecule has 3 saturated carbocycles. The Kier molecular flexibility index (Phi) is 13.0. The normalized spacial score (nSPS) is 19.7. The van der Waals surface area contributed by atoms with Crippen LogP contribution >= 0.6 is 0 Å². The predicted octanol–water partition coefficient (Wildman–Crippen LogP) is 10.3. The van der Waals surface area contributed by atoms with Crippen LogP contribution in [0.4, 0.5) is 13.2 Å². The molecule has 0 saturated heterocycles. The minimum Gasteiger partial charge on any atom is -0.296 e. The summed E-state index contributed by atoms with van der Waals surface area (Å²) in [5, 5.41) is 0. The first-order valence-corrected chi connectivity index (χ1v) is 18.2. The summed E-state index contributed by atoms with van der Waals surface area (Å²) < 4.78 is 40.1. The van der Waals surface area contributed by atoms with Gasteiger partial charge in [-0.25, -0.2) is 0 Å². The Bertz CT molecular complexity index is 1230. The molecule has 6 heteroatoms. The van der Waals surface area contributed by atoms with Crippen LogP contribution in [0, 0.1) is 0 Å². The third kappa shape index (κ3) is 10.0. The number of hydrogen-bond acceptors (Lipinski definition) is 3. The summed E-state index contributed by atoms with van der Waals surface area (Å²) in [7, 11) is 0. The number of hydrogen-bond donors (Lipinski definition) is 0. The number of ether oxygens (including phenoxy) is 1. The maximum absolute atomic E-state index is 12.1. The monoisotopic (exact) mass is 628 g/mol. The molecule has 0 bridgehead atoms. The van der Waals surface area contributed by atoms with E-state index in [4.69, 9.17) is 0 Å². The van der Waals surface area contributed by atoms with Crippen LogP contribution in [0.5, 0.6) is 0 Å². The standard InChI is InChI=1S/C18H24F3NO.C17H23N.2C2H6/c1-12(2)16-9-14-5-6-22(7-8-23-18(19,20)21)11-15(14)10-17(16)13-3-4-13;1-2-12-9-14-7-8-18(16-5-6-16)11-15(14)10-17(12)13-3-4-13;2*1-2/h9-10,12-13H,3-8,11H2,1-2H3;9-10,13,16H,2-8,11H2,1H3;2*1-2H3. The number of benzene rings is 2. The second kappa shape index (κ2) is 16.3. The molecule has 2 aromatic carbocycles. The molecule has 3 nitrogen and oxygen atoms in total. The number of rotatable bonds is 8. The van der Waals surface area contributed by atoms with Gasteiger partial charge in [0.2, 0.25) is 0 Å². The molecular weight excluding hydrogens is 569 g/mol. The topological polar surface area (TPSA) is 15.7 Å². The van der Waals surface area contributed by atoms with Crippen molar-refractivity contribution in [1.82, 2.24) is 9.80 Å². The number of alkyl halides is 3. The van der Waals surface area contributed by atoms with E-state index in [9.17, 15) is 13.2 Å². The van der Waals surface area contributed by atoms with Crippen LogP contribution in [0.3, 0.4) is 0 Å². The Balaban J connectivity index is 0.000000188. The van der Waals surface area contributed by atoms with Crippen molar-refractivity contribution in [2.75, 3.05) is 26.2 Å². The number of aryl methyl sites for hydroxylation is 1. The van der Waals surface area contributed by atoms with E-state index >= 15 is 0 Å². The van der Waals surface area contributed by atoms with Gasteiger partial charge in [0.25, 0.3) is 0 Å². The van der Waals surface area contributed by atoms with Crippen molar-refractivity contribution in [2.24, 2.45) is 0 Å². The Labute approximate surface area is 271 Å². The molecule has 0 unspecified atom stereocenters. The van der Waals surface area contributed by atoms with Crippen LogP contribution in [0.25, 0.3) is 0 Å². The highest BCUT2D eigenvalue weighted by atomic mass is 19.4. The van der Waals surface area contributed by atoms with Crippen LogP contribution in [0.2, 0.25) is 0 Å². The van der Waals surface area contributed by atoms with Gasteiger partial charge in [-0.3, -0.25) is 14.5 Å². The van der Waals surface area contributed by atoms with Gasteiger partial charge < -0.3 is 0 Å². The van der Waals surface area contributed by atoms with Gasteiger partial charge in [-0.2, -0.15) is 0 Å². The van der Waals surface area contributed by atoms with Gasteiger partial charge in [0.1, 0.15) is 0 Å². The van der Waals surface area contributed by atoms with Crippen molar-refractivity contribution >= 4 is 0 Å². The van der Waals surface area contributed by atoms with E-state index < -0.39 is 6.36 Å². The van der Waals surface area contributed by atoms with E-state index in [1.165, 1.54) is 86.7 Å². The smallest absolute Gasteiger partial charge is 0.296 e. The second-order valence-corrected chi connectivity index (χ2v) is 13.4. The van der Waals surface area contributed by atoms with Crippen LogP contribution in [0.15, 0.2) is 24.3 Å². The van der Waals surface area contributed by atoms with Crippen LogP contribution < -0.4 is 0 Å². The fourth-order valence-corrected chi connectivity index (χ4v) is 6.97. The lowest BCUT2D eigenvalue weighted by atomic mass is 9.87. The third-order valence-corrected chi connectivity index (χ3v) is 9.77. The van der Waals surface area contributed by atoms with E-state index in [0.29, 0.717) is 18.4 Å². The molecule has 252 valence electrons. The first-order valence-electron chi connectivity index (χ1n) is 18.2. The van der Waals surface area contributed by atoms with Crippen LogP contribution in [-0.2, 0) is 37.1 Å². The average molecular weight is 629 g/mol. The second-order valence-electron chi connectivity index (χ2n) is 13.4. The first kappa shape index (κ1) is 36.0. The first-order chi connectivity index (χ1) is 21.7. The molecule has 0 radical (unpaired) electrons.